The minimum atomic E-state index is -0.191. The number of aromatic nitrogens is 4. The maximum absolute atomic E-state index is 10.6. The zero-order valence-electron chi connectivity index (χ0n) is 16.8. The highest BCUT2D eigenvalue weighted by atomic mass is 35.5. The molecule has 176 valence electrons. The van der Waals surface area contributed by atoms with Crippen molar-refractivity contribution in [2.75, 3.05) is 24.6 Å². The molecule has 0 bridgehead atoms. The predicted octanol–water partition coefficient (Wildman–Crippen LogP) is 0.0647. The summed E-state index contributed by atoms with van der Waals surface area (Å²) in [6.45, 7) is 3.84. The largest absolute Gasteiger partial charge is 0.410 e. The molecule has 0 radical (unpaired) electrons. The third-order valence-corrected chi connectivity index (χ3v) is 5.13. The van der Waals surface area contributed by atoms with Gasteiger partial charge in [0.1, 0.15) is 0 Å². The molecule has 0 saturated heterocycles. The summed E-state index contributed by atoms with van der Waals surface area (Å²) in [5.41, 5.74) is 5.71. The van der Waals surface area contributed by atoms with Crippen molar-refractivity contribution in [2.45, 2.75) is 23.9 Å². The SMILES string of the molecule is CC(=O)NCCSc1nonc1/C(Cl)=N/O.CC(=O)NCCSc1nonc1/C(N)=N/O. The Kier molecular flexibility index (Phi) is 12.5. The molecule has 18 heteroatoms. The topological polar surface area (TPSA) is 227 Å². The van der Waals surface area contributed by atoms with E-state index >= 15 is 0 Å². The Morgan fingerprint density at radius 2 is 1.41 bits per heavy atom. The summed E-state index contributed by atoms with van der Waals surface area (Å²) in [6, 6.07) is 0. The molecule has 2 amide bonds. The molecule has 0 atom stereocenters. The number of rotatable bonds is 10. The number of thioether (sulfide) groups is 2. The van der Waals surface area contributed by atoms with Crippen LogP contribution in [0.15, 0.2) is 29.6 Å². The standard InChI is InChI=1S/C7H9ClN4O3S.C7H11N5O3S/c2*1-4(13)9-2-3-16-7-5(6(8)10-14)11-15-12-7/h14H,2-3H2,1H3,(H,9,13);14H,2-3H2,1H3,(H2,8,10)(H,9,13)/b10-6-;. The van der Waals surface area contributed by atoms with Crippen LogP contribution in [0.5, 0.6) is 0 Å². The molecular formula is C14H20ClN9O6S2. The molecule has 2 rings (SSSR count). The second-order valence-corrected chi connectivity index (χ2v) is 7.90. The molecule has 2 aromatic heterocycles. The fraction of sp³-hybridized carbons (Fsp3) is 0.429. The van der Waals surface area contributed by atoms with Crippen molar-refractivity contribution in [1.29, 1.82) is 0 Å². The Morgan fingerprint density at radius 1 is 0.938 bits per heavy atom. The van der Waals surface area contributed by atoms with Crippen LogP contribution in [0, 0.1) is 0 Å². The van der Waals surface area contributed by atoms with E-state index in [1.165, 1.54) is 37.4 Å². The number of halogens is 1. The van der Waals surface area contributed by atoms with Crippen LogP contribution in [0.2, 0.25) is 0 Å². The lowest BCUT2D eigenvalue weighted by molar-refractivity contribution is -0.119. The first-order valence-electron chi connectivity index (χ1n) is 8.55. The van der Waals surface area contributed by atoms with E-state index in [9.17, 15) is 9.59 Å². The number of carbonyl (C=O) groups is 2. The highest BCUT2D eigenvalue weighted by molar-refractivity contribution is 7.99. The van der Waals surface area contributed by atoms with Crippen LogP contribution in [0.25, 0.3) is 0 Å². The summed E-state index contributed by atoms with van der Waals surface area (Å²) >= 11 is 8.12. The van der Waals surface area contributed by atoms with Crippen LogP contribution in [0.4, 0.5) is 0 Å². The number of hydrogen-bond acceptors (Lipinski definition) is 14. The summed E-state index contributed by atoms with van der Waals surface area (Å²) in [5.74, 6) is 0.795. The fourth-order valence-corrected chi connectivity index (χ4v) is 3.37. The van der Waals surface area contributed by atoms with Gasteiger partial charge in [0, 0.05) is 38.4 Å². The van der Waals surface area contributed by atoms with Gasteiger partial charge in [-0.2, -0.15) is 0 Å². The molecular weight excluding hydrogens is 490 g/mol. The molecule has 0 aromatic carbocycles. The molecule has 0 fully saturated rings. The Bertz CT molecular complexity index is 861. The second kappa shape index (κ2) is 14.9. The third kappa shape index (κ3) is 9.84. The monoisotopic (exact) mass is 509 g/mol. The lowest BCUT2D eigenvalue weighted by Gasteiger charge is -2.00. The predicted molar refractivity (Wildman–Crippen MR) is 114 cm³/mol. The normalized spacial score (nSPS) is 11.5. The van der Waals surface area contributed by atoms with Gasteiger partial charge in [0.25, 0.3) is 0 Å². The number of nitrogens with zero attached hydrogens (tertiary/aromatic N) is 6. The van der Waals surface area contributed by atoms with Crippen molar-refractivity contribution >= 4 is 57.9 Å². The van der Waals surface area contributed by atoms with Gasteiger partial charge in [-0.3, -0.25) is 9.59 Å². The summed E-state index contributed by atoms with van der Waals surface area (Å²) in [4.78, 5) is 21.2. The highest BCUT2D eigenvalue weighted by Crippen LogP contribution is 2.20. The maximum atomic E-state index is 10.6. The van der Waals surface area contributed by atoms with Crippen molar-refractivity contribution in [3.8, 4) is 0 Å². The lowest BCUT2D eigenvalue weighted by atomic mass is 10.4. The van der Waals surface area contributed by atoms with Crippen molar-refractivity contribution in [2.24, 2.45) is 16.0 Å². The van der Waals surface area contributed by atoms with Crippen LogP contribution in [0.3, 0.4) is 0 Å². The van der Waals surface area contributed by atoms with Gasteiger partial charge in [-0.15, -0.1) is 0 Å². The second-order valence-electron chi connectivity index (χ2n) is 5.37. The van der Waals surface area contributed by atoms with E-state index in [0.717, 1.165) is 0 Å². The van der Waals surface area contributed by atoms with Crippen molar-refractivity contribution in [3.05, 3.63) is 11.4 Å². The number of amidine groups is 1. The molecule has 0 saturated carbocycles. The van der Waals surface area contributed by atoms with Gasteiger partial charge >= 0.3 is 0 Å². The zero-order chi connectivity index (χ0) is 23.9. The van der Waals surface area contributed by atoms with Crippen LogP contribution < -0.4 is 16.4 Å². The first-order chi connectivity index (χ1) is 15.3. The molecule has 2 aromatic rings. The molecule has 0 aliphatic rings. The summed E-state index contributed by atoms with van der Waals surface area (Å²) < 4.78 is 8.93. The minimum absolute atomic E-state index is 0.101. The number of amides is 2. The van der Waals surface area contributed by atoms with Gasteiger partial charge in [0.05, 0.1) is 0 Å². The van der Waals surface area contributed by atoms with E-state index in [4.69, 9.17) is 27.7 Å². The molecule has 0 unspecified atom stereocenters. The van der Waals surface area contributed by atoms with Gasteiger partial charge in [-0.25, -0.2) is 9.26 Å². The van der Waals surface area contributed by atoms with Crippen molar-refractivity contribution in [1.82, 2.24) is 31.3 Å². The molecule has 15 nitrogen and oxygen atoms in total. The molecule has 32 heavy (non-hydrogen) atoms. The Labute approximate surface area is 194 Å². The maximum Gasteiger partial charge on any atom is 0.216 e. The Morgan fingerprint density at radius 3 is 1.84 bits per heavy atom. The van der Waals surface area contributed by atoms with Gasteiger partial charge in [0.2, 0.25) is 11.8 Å². The number of nitrogens with one attached hydrogen (secondary N) is 2. The fourth-order valence-electron chi connectivity index (χ4n) is 1.68. The van der Waals surface area contributed by atoms with Crippen molar-refractivity contribution in [3.63, 3.8) is 0 Å². The van der Waals surface area contributed by atoms with E-state index in [1.54, 1.807) is 0 Å². The molecule has 0 spiro atoms. The van der Waals surface area contributed by atoms with E-state index in [1.807, 2.05) is 0 Å². The molecule has 0 aliphatic heterocycles. The van der Waals surface area contributed by atoms with Gasteiger partial charge < -0.3 is 26.8 Å². The van der Waals surface area contributed by atoms with Gasteiger partial charge in [0.15, 0.2) is 32.4 Å². The van der Waals surface area contributed by atoms with Crippen LogP contribution >= 0.6 is 35.1 Å². The van der Waals surface area contributed by atoms with E-state index < -0.39 is 0 Å². The Balaban J connectivity index is 0.000000320. The number of nitrogens with two attached hydrogens (primary N) is 1. The molecule has 0 aliphatic carbocycles. The Hall–Kier alpha value is -3.05. The summed E-state index contributed by atoms with van der Waals surface area (Å²) in [6.07, 6.45) is 0. The average molecular weight is 510 g/mol. The van der Waals surface area contributed by atoms with Crippen LogP contribution in [-0.2, 0) is 9.59 Å². The molecule has 2 heterocycles. The van der Waals surface area contributed by atoms with Crippen LogP contribution in [0.1, 0.15) is 25.2 Å². The van der Waals surface area contributed by atoms with Crippen molar-refractivity contribution < 1.29 is 29.3 Å². The van der Waals surface area contributed by atoms with Crippen LogP contribution in [-0.4, -0.2) is 78.5 Å². The quantitative estimate of drug-likeness (QED) is 0.0713. The van der Waals surface area contributed by atoms with Gasteiger partial charge in [-0.1, -0.05) is 45.4 Å². The number of carbonyl (C=O) groups excluding carboxylic acids is 2. The lowest BCUT2D eigenvalue weighted by Crippen LogP contribution is -2.22. The molecule has 6 N–H and O–H groups in total. The average Bonchev–Trinajstić information content (AvgIpc) is 3.43. The van der Waals surface area contributed by atoms with E-state index in [2.05, 4.69) is 50.8 Å². The zero-order valence-corrected chi connectivity index (χ0v) is 19.2. The summed E-state index contributed by atoms with van der Waals surface area (Å²) in [5, 5.41) is 42.5. The van der Waals surface area contributed by atoms with E-state index in [-0.39, 0.29) is 34.2 Å². The van der Waals surface area contributed by atoms with E-state index in [0.29, 0.717) is 34.6 Å². The third-order valence-electron chi connectivity index (χ3n) is 2.98. The highest BCUT2D eigenvalue weighted by Gasteiger charge is 2.16. The number of hydrogen-bond donors (Lipinski definition) is 5. The summed E-state index contributed by atoms with van der Waals surface area (Å²) in [7, 11) is 0. The smallest absolute Gasteiger partial charge is 0.216 e. The van der Waals surface area contributed by atoms with Gasteiger partial charge in [-0.05, 0) is 20.6 Å². The first kappa shape index (κ1) is 27.0. The first-order valence-corrected chi connectivity index (χ1v) is 10.9. The minimum Gasteiger partial charge on any atom is -0.410 e. The number of oxime groups is 2.